The zero-order valence-corrected chi connectivity index (χ0v) is 13.9. The van der Waals surface area contributed by atoms with Gasteiger partial charge in [0.25, 0.3) is 11.6 Å². The van der Waals surface area contributed by atoms with E-state index >= 15 is 0 Å². The van der Waals surface area contributed by atoms with Crippen molar-refractivity contribution < 1.29 is 9.72 Å². The van der Waals surface area contributed by atoms with Gasteiger partial charge in [0.05, 0.1) is 20.4 Å². The van der Waals surface area contributed by atoms with Crippen LogP contribution in [0.1, 0.15) is 22.8 Å². The fourth-order valence-corrected chi connectivity index (χ4v) is 3.30. The van der Waals surface area contributed by atoms with Crippen molar-refractivity contribution in [3.8, 4) is 0 Å². The Hall–Kier alpha value is -2.18. The van der Waals surface area contributed by atoms with E-state index in [2.05, 4.69) is 11.7 Å². The average Bonchev–Trinajstić information content (AvgIpc) is 2.55. The minimum absolute atomic E-state index is 0.154. The summed E-state index contributed by atoms with van der Waals surface area (Å²) in [7, 11) is 0. The lowest BCUT2D eigenvalue weighted by molar-refractivity contribution is -0.387. The molecule has 0 aromatic heterocycles. The summed E-state index contributed by atoms with van der Waals surface area (Å²) >= 11 is 7.31. The summed E-state index contributed by atoms with van der Waals surface area (Å²) in [5.41, 5.74) is 0.736. The van der Waals surface area contributed by atoms with E-state index in [1.54, 1.807) is 30.3 Å². The molecule has 0 spiro atoms. The molecule has 0 fully saturated rings. The third-order valence-corrected chi connectivity index (χ3v) is 4.76. The first-order valence-corrected chi connectivity index (χ1v) is 7.92. The summed E-state index contributed by atoms with van der Waals surface area (Å²) in [5.74, 6) is -0.570. The van der Waals surface area contributed by atoms with Gasteiger partial charge in [-0.1, -0.05) is 42.4 Å². The third-order valence-electron chi connectivity index (χ3n) is 3.19. The molecule has 0 unspecified atom stereocenters. The van der Waals surface area contributed by atoms with Crippen molar-refractivity contribution in [3.05, 3.63) is 62.7 Å². The third kappa shape index (κ3) is 3.78. The van der Waals surface area contributed by atoms with Gasteiger partial charge in [-0.25, -0.2) is 4.99 Å². The maximum atomic E-state index is 11.8. The van der Waals surface area contributed by atoms with Crippen molar-refractivity contribution in [3.63, 3.8) is 0 Å². The highest BCUT2D eigenvalue weighted by Crippen LogP contribution is 2.39. The Kier molecular flexibility index (Phi) is 5.52. The first-order chi connectivity index (χ1) is 11.0. The van der Waals surface area contributed by atoms with E-state index < -0.39 is 10.8 Å². The Balaban J connectivity index is 2.58. The van der Waals surface area contributed by atoms with Crippen LogP contribution in [0, 0.1) is 10.1 Å². The number of benzene rings is 2. The fraction of sp³-hybridized carbons (Fsp3) is 0.125. The highest BCUT2D eigenvalue weighted by Gasteiger charge is 2.22. The maximum absolute atomic E-state index is 11.8. The molecule has 0 atom stereocenters. The molecule has 2 aromatic carbocycles. The van der Waals surface area contributed by atoms with Gasteiger partial charge in [-0.05, 0) is 36.9 Å². The topological polar surface area (TPSA) is 72.6 Å². The number of nitrogens with zero attached hydrogens (tertiary/aromatic N) is 2. The second-order valence-corrected chi connectivity index (χ2v) is 6.07. The van der Waals surface area contributed by atoms with E-state index in [0.717, 1.165) is 0 Å². The summed E-state index contributed by atoms with van der Waals surface area (Å²) in [4.78, 5) is 27.2. The van der Waals surface area contributed by atoms with E-state index in [9.17, 15) is 14.9 Å². The SMILES string of the molecule is C=NC(=O)c1cc([N+](=O)[O-])c(Sc2ccccc2Cl)cc1CC. The van der Waals surface area contributed by atoms with Crippen molar-refractivity contribution >= 4 is 41.7 Å². The summed E-state index contributed by atoms with van der Waals surface area (Å²) in [5, 5.41) is 11.9. The van der Waals surface area contributed by atoms with Crippen LogP contribution in [-0.4, -0.2) is 17.5 Å². The zero-order chi connectivity index (χ0) is 17.0. The van der Waals surface area contributed by atoms with Crippen LogP contribution in [0.2, 0.25) is 5.02 Å². The van der Waals surface area contributed by atoms with Gasteiger partial charge in [-0.2, -0.15) is 0 Å². The number of hydrogen-bond acceptors (Lipinski definition) is 4. The van der Waals surface area contributed by atoms with Gasteiger partial charge in [0, 0.05) is 11.0 Å². The lowest BCUT2D eigenvalue weighted by Crippen LogP contribution is -2.03. The molecule has 1 amide bonds. The van der Waals surface area contributed by atoms with Gasteiger partial charge in [-0.3, -0.25) is 14.9 Å². The second kappa shape index (κ2) is 7.39. The number of carbonyl (C=O) groups excluding carboxylic acids is 1. The highest BCUT2D eigenvalue weighted by atomic mass is 35.5. The van der Waals surface area contributed by atoms with E-state index in [1.165, 1.54) is 17.8 Å². The molecule has 0 saturated heterocycles. The van der Waals surface area contributed by atoms with Gasteiger partial charge < -0.3 is 0 Å². The Morgan fingerprint density at radius 1 is 1.35 bits per heavy atom. The van der Waals surface area contributed by atoms with Crippen molar-refractivity contribution in [1.29, 1.82) is 0 Å². The number of aliphatic imine (C=N–C) groups is 1. The quantitative estimate of drug-likeness (QED) is 0.442. The van der Waals surface area contributed by atoms with Gasteiger partial charge in [-0.15, -0.1) is 0 Å². The average molecular weight is 349 g/mol. The highest BCUT2D eigenvalue weighted by molar-refractivity contribution is 7.99. The molecule has 0 saturated carbocycles. The minimum atomic E-state index is -0.570. The van der Waals surface area contributed by atoms with Gasteiger partial charge in [0.1, 0.15) is 0 Å². The van der Waals surface area contributed by atoms with Crippen molar-refractivity contribution in [1.82, 2.24) is 0 Å². The zero-order valence-electron chi connectivity index (χ0n) is 12.3. The Bertz CT molecular complexity index is 793. The maximum Gasteiger partial charge on any atom is 0.284 e. The van der Waals surface area contributed by atoms with Crippen LogP contribution in [0.4, 0.5) is 5.69 Å². The van der Waals surface area contributed by atoms with Gasteiger partial charge in [0.15, 0.2) is 0 Å². The molecule has 7 heteroatoms. The lowest BCUT2D eigenvalue weighted by Gasteiger charge is -2.10. The number of carbonyl (C=O) groups is 1. The smallest absolute Gasteiger partial charge is 0.267 e. The molecule has 0 heterocycles. The first-order valence-electron chi connectivity index (χ1n) is 6.72. The molecule has 0 N–H and O–H groups in total. The molecule has 0 bridgehead atoms. The van der Waals surface area contributed by atoms with Crippen molar-refractivity contribution in [2.75, 3.05) is 0 Å². The van der Waals surface area contributed by atoms with E-state index in [1.807, 2.05) is 6.92 Å². The number of nitro groups is 1. The number of hydrogen-bond donors (Lipinski definition) is 0. The van der Waals surface area contributed by atoms with Gasteiger partial charge >= 0.3 is 0 Å². The Morgan fingerprint density at radius 3 is 2.61 bits per heavy atom. The molecule has 2 aromatic rings. The Morgan fingerprint density at radius 2 is 2.04 bits per heavy atom. The lowest BCUT2D eigenvalue weighted by atomic mass is 10.0. The molecular weight excluding hydrogens is 336 g/mol. The summed E-state index contributed by atoms with van der Waals surface area (Å²) in [6, 6.07) is 10.00. The van der Waals surface area contributed by atoms with Crippen LogP contribution in [-0.2, 0) is 6.42 Å². The van der Waals surface area contributed by atoms with Crippen LogP contribution in [0.5, 0.6) is 0 Å². The monoisotopic (exact) mass is 348 g/mol. The molecule has 2 rings (SSSR count). The predicted octanol–water partition coefficient (Wildman–Crippen LogP) is 4.80. The first kappa shape index (κ1) is 17.2. The van der Waals surface area contributed by atoms with Crippen LogP contribution >= 0.6 is 23.4 Å². The normalized spacial score (nSPS) is 10.3. The molecule has 5 nitrogen and oxygen atoms in total. The Labute approximate surface area is 142 Å². The van der Waals surface area contributed by atoms with E-state index in [-0.39, 0.29) is 11.3 Å². The number of nitro benzene ring substituents is 1. The minimum Gasteiger partial charge on any atom is -0.267 e. The molecule has 0 aliphatic heterocycles. The molecule has 0 aliphatic carbocycles. The second-order valence-electron chi connectivity index (χ2n) is 4.58. The summed E-state index contributed by atoms with van der Waals surface area (Å²) in [6.45, 7) is 5.06. The van der Waals surface area contributed by atoms with Crippen molar-refractivity contribution in [2.24, 2.45) is 4.99 Å². The predicted molar refractivity (Wildman–Crippen MR) is 91.9 cm³/mol. The summed E-state index contributed by atoms with van der Waals surface area (Å²) in [6.07, 6.45) is 0.546. The van der Waals surface area contributed by atoms with Crippen LogP contribution in [0.25, 0.3) is 0 Å². The number of rotatable bonds is 5. The molecular formula is C16H13ClN2O3S. The van der Waals surface area contributed by atoms with Crippen molar-refractivity contribution in [2.45, 2.75) is 23.1 Å². The van der Waals surface area contributed by atoms with Crippen LogP contribution < -0.4 is 0 Å². The number of halogens is 1. The van der Waals surface area contributed by atoms with E-state index in [0.29, 0.717) is 26.8 Å². The number of aryl methyl sites for hydroxylation is 1. The standard InChI is InChI=1S/C16H13ClN2O3S/c1-3-10-8-15(23-14-7-5-4-6-12(14)17)13(19(21)22)9-11(10)16(20)18-2/h4-9H,2-3H2,1H3. The largest absolute Gasteiger partial charge is 0.284 e. The molecule has 118 valence electrons. The molecule has 0 aliphatic rings. The summed E-state index contributed by atoms with van der Waals surface area (Å²) < 4.78 is 0. The van der Waals surface area contributed by atoms with Crippen LogP contribution in [0.15, 0.2) is 51.2 Å². The fourth-order valence-electron chi connectivity index (χ4n) is 2.06. The van der Waals surface area contributed by atoms with Crippen LogP contribution in [0.3, 0.4) is 0 Å². The number of amides is 1. The molecule has 23 heavy (non-hydrogen) atoms. The van der Waals surface area contributed by atoms with Gasteiger partial charge in [0.2, 0.25) is 0 Å². The molecule has 0 radical (unpaired) electrons. The van der Waals surface area contributed by atoms with E-state index in [4.69, 9.17) is 11.6 Å².